The summed E-state index contributed by atoms with van der Waals surface area (Å²) >= 11 is 17.9. The van der Waals surface area contributed by atoms with Gasteiger partial charge in [0.1, 0.15) is 18.4 Å². The lowest BCUT2D eigenvalue weighted by molar-refractivity contribution is 0.306. The Morgan fingerprint density at radius 2 is 1.84 bits per heavy atom. The Labute approximate surface area is 126 Å². The Morgan fingerprint density at radius 3 is 2.53 bits per heavy atom. The average Bonchev–Trinajstić information content (AvgIpc) is 2.40. The van der Waals surface area contributed by atoms with Crippen LogP contribution in [0.2, 0.25) is 15.1 Å². The van der Waals surface area contributed by atoms with Gasteiger partial charge in [0.2, 0.25) is 0 Å². The minimum absolute atomic E-state index is 0.279. The van der Waals surface area contributed by atoms with Crippen LogP contribution in [0, 0.1) is 11.3 Å². The summed E-state index contributed by atoms with van der Waals surface area (Å²) in [7, 11) is 0. The highest BCUT2D eigenvalue weighted by Crippen LogP contribution is 2.27. The van der Waals surface area contributed by atoms with Gasteiger partial charge in [0, 0.05) is 11.6 Å². The first-order valence-electron chi connectivity index (χ1n) is 5.37. The Hall–Kier alpha value is -1.40. The normalized spacial score (nSPS) is 10.0. The molecule has 0 N–H and O–H groups in total. The zero-order chi connectivity index (χ0) is 13.8. The molecule has 5 heteroatoms. The molecule has 0 amide bonds. The lowest BCUT2D eigenvalue weighted by Gasteiger charge is -2.09. The Morgan fingerprint density at radius 1 is 1.05 bits per heavy atom. The molecule has 0 aliphatic carbocycles. The number of hydrogen-bond acceptors (Lipinski definition) is 2. The molecule has 0 unspecified atom stereocenters. The third-order valence-electron chi connectivity index (χ3n) is 2.49. The molecule has 0 aromatic heterocycles. The van der Waals surface area contributed by atoms with Crippen molar-refractivity contribution in [3.8, 4) is 11.8 Å². The van der Waals surface area contributed by atoms with Gasteiger partial charge in [-0.2, -0.15) is 5.26 Å². The van der Waals surface area contributed by atoms with E-state index >= 15 is 0 Å². The van der Waals surface area contributed by atoms with Gasteiger partial charge in [-0.3, -0.25) is 0 Å². The van der Waals surface area contributed by atoms with Crippen LogP contribution in [0.1, 0.15) is 11.1 Å². The van der Waals surface area contributed by atoms with Crippen LogP contribution >= 0.6 is 34.8 Å². The van der Waals surface area contributed by atoms with Gasteiger partial charge in [-0.25, -0.2) is 0 Å². The summed E-state index contributed by atoms with van der Waals surface area (Å²) in [6.45, 7) is 0.279. The van der Waals surface area contributed by atoms with E-state index in [1.807, 2.05) is 12.1 Å². The zero-order valence-corrected chi connectivity index (χ0v) is 11.9. The fraction of sp³-hybridized carbons (Fsp3) is 0.0714. The van der Waals surface area contributed by atoms with Gasteiger partial charge in [0.25, 0.3) is 0 Å². The fourth-order valence-electron chi connectivity index (χ4n) is 1.50. The van der Waals surface area contributed by atoms with Crippen LogP contribution in [0.3, 0.4) is 0 Å². The van der Waals surface area contributed by atoms with Crippen LogP contribution in [0.5, 0.6) is 5.75 Å². The molecule has 0 fully saturated rings. The second kappa shape index (κ2) is 6.16. The summed E-state index contributed by atoms with van der Waals surface area (Å²) in [6.07, 6.45) is 0. The predicted octanol–water partition coefficient (Wildman–Crippen LogP) is 5.10. The minimum Gasteiger partial charge on any atom is -0.489 e. The predicted molar refractivity (Wildman–Crippen MR) is 77.0 cm³/mol. The summed E-state index contributed by atoms with van der Waals surface area (Å²) in [5.41, 5.74) is 1.20. The van der Waals surface area contributed by atoms with Crippen molar-refractivity contribution >= 4 is 34.8 Å². The molecule has 0 radical (unpaired) electrons. The molecule has 0 saturated carbocycles. The molecular weight excluding hydrogens is 305 g/mol. The van der Waals surface area contributed by atoms with Gasteiger partial charge >= 0.3 is 0 Å². The monoisotopic (exact) mass is 311 g/mol. The van der Waals surface area contributed by atoms with Crippen LogP contribution in [-0.2, 0) is 6.61 Å². The lowest BCUT2D eigenvalue weighted by Crippen LogP contribution is -1.96. The first kappa shape index (κ1) is 14.0. The second-order valence-electron chi connectivity index (χ2n) is 3.76. The van der Waals surface area contributed by atoms with E-state index in [0.717, 1.165) is 5.56 Å². The molecule has 0 atom stereocenters. The molecule has 19 heavy (non-hydrogen) atoms. The average molecular weight is 313 g/mol. The smallest absolute Gasteiger partial charge is 0.121 e. The van der Waals surface area contributed by atoms with E-state index in [4.69, 9.17) is 44.8 Å². The van der Waals surface area contributed by atoms with Crippen LogP contribution in [-0.4, -0.2) is 0 Å². The molecule has 96 valence electrons. The highest BCUT2D eigenvalue weighted by Gasteiger charge is 2.06. The van der Waals surface area contributed by atoms with Gasteiger partial charge in [0.15, 0.2) is 0 Å². The van der Waals surface area contributed by atoms with Gasteiger partial charge < -0.3 is 4.74 Å². The van der Waals surface area contributed by atoms with Crippen molar-refractivity contribution in [3.63, 3.8) is 0 Å². The number of ether oxygens (including phenoxy) is 1. The second-order valence-corrected chi connectivity index (χ2v) is 4.95. The maximum absolute atomic E-state index is 8.78. The molecule has 0 spiro atoms. The molecule has 2 aromatic carbocycles. The maximum atomic E-state index is 8.78. The van der Waals surface area contributed by atoms with E-state index in [1.165, 1.54) is 0 Å². The van der Waals surface area contributed by atoms with Crippen molar-refractivity contribution in [3.05, 3.63) is 62.6 Å². The topological polar surface area (TPSA) is 33.0 Å². The summed E-state index contributed by atoms with van der Waals surface area (Å²) in [5.74, 6) is 0.569. The summed E-state index contributed by atoms with van der Waals surface area (Å²) in [5, 5.41) is 10.1. The van der Waals surface area contributed by atoms with Crippen LogP contribution < -0.4 is 4.74 Å². The largest absolute Gasteiger partial charge is 0.489 e. The Balaban J connectivity index is 2.13. The first-order valence-corrected chi connectivity index (χ1v) is 6.50. The van der Waals surface area contributed by atoms with Crippen molar-refractivity contribution < 1.29 is 4.74 Å². The summed E-state index contributed by atoms with van der Waals surface area (Å²) in [6, 6.07) is 12.2. The zero-order valence-electron chi connectivity index (χ0n) is 9.66. The fourth-order valence-corrected chi connectivity index (χ4v) is 2.08. The number of nitrogens with zero attached hydrogens (tertiary/aromatic N) is 1. The van der Waals surface area contributed by atoms with Gasteiger partial charge in [-0.1, -0.05) is 46.9 Å². The first-order chi connectivity index (χ1) is 9.11. The van der Waals surface area contributed by atoms with Crippen molar-refractivity contribution in [1.82, 2.24) is 0 Å². The van der Waals surface area contributed by atoms with E-state index in [0.29, 0.717) is 26.4 Å². The maximum Gasteiger partial charge on any atom is 0.121 e. The third-order valence-corrected chi connectivity index (χ3v) is 3.66. The van der Waals surface area contributed by atoms with Gasteiger partial charge in [-0.05, 0) is 18.2 Å². The van der Waals surface area contributed by atoms with E-state index in [9.17, 15) is 0 Å². The Bertz CT molecular complexity index is 650. The van der Waals surface area contributed by atoms with Crippen molar-refractivity contribution in [1.29, 1.82) is 5.26 Å². The van der Waals surface area contributed by atoms with Crippen LogP contribution in [0.4, 0.5) is 0 Å². The summed E-state index contributed by atoms with van der Waals surface area (Å²) in [4.78, 5) is 0. The van der Waals surface area contributed by atoms with Crippen LogP contribution in [0.15, 0.2) is 36.4 Å². The van der Waals surface area contributed by atoms with Crippen LogP contribution in [0.25, 0.3) is 0 Å². The van der Waals surface area contributed by atoms with E-state index < -0.39 is 0 Å². The molecule has 0 aliphatic rings. The van der Waals surface area contributed by atoms with Crippen molar-refractivity contribution in [2.75, 3.05) is 0 Å². The van der Waals surface area contributed by atoms with Crippen molar-refractivity contribution in [2.24, 2.45) is 0 Å². The molecule has 0 aliphatic heterocycles. The minimum atomic E-state index is 0.279. The summed E-state index contributed by atoms with van der Waals surface area (Å²) < 4.78 is 5.57. The molecule has 2 aromatic rings. The highest BCUT2D eigenvalue weighted by atomic mass is 35.5. The standard InChI is InChI=1S/C14H8Cl3NO/c15-12-3-1-2-10(14(12)17)8-19-11-5-4-9(7-18)13(16)6-11/h1-6H,8H2. The van der Waals surface area contributed by atoms with Crippen molar-refractivity contribution in [2.45, 2.75) is 6.61 Å². The molecule has 0 bridgehead atoms. The number of hydrogen-bond donors (Lipinski definition) is 0. The molecule has 2 nitrogen and oxygen atoms in total. The van der Waals surface area contributed by atoms with E-state index in [1.54, 1.807) is 30.3 Å². The molecule has 0 saturated heterocycles. The van der Waals surface area contributed by atoms with E-state index in [2.05, 4.69) is 0 Å². The number of halogens is 3. The number of nitriles is 1. The quantitative estimate of drug-likeness (QED) is 0.790. The highest BCUT2D eigenvalue weighted by molar-refractivity contribution is 6.42. The Kier molecular flexibility index (Phi) is 4.55. The molecule has 0 heterocycles. The number of rotatable bonds is 3. The van der Waals surface area contributed by atoms with Gasteiger partial charge in [0.05, 0.1) is 20.6 Å². The SMILES string of the molecule is N#Cc1ccc(OCc2cccc(Cl)c2Cl)cc1Cl. The van der Waals surface area contributed by atoms with Gasteiger partial charge in [-0.15, -0.1) is 0 Å². The molecule has 2 rings (SSSR count). The lowest BCUT2D eigenvalue weighted by atomic mass is 10.2. The number of benzene rings is 2. The van der Waals surface area contributed by atoms with E-state index in [-0.39, 0.29) is 6.61 Å². The third kappa shape index (κ3) is 3.33. The molecular formula is C14H8Cl3NO.